The number of likely N-dealkylation sites (tertiary alicyclic amines) is 1. The minimum absolute atomic E-state index is 0.149. The molecule has 3 heteroatoms. The molecule has 1 aliphatic rings. The monoisotopic (exact) mass is 257 g/mol. The van der Waals surface area contributed by atoms with Crippen molar-refractivity contribution >= 4 is 10.9 Å². The van der Waals surface area contributed by atoms with E-state index < -0.39 is 0 Å². The molecule has 0 radical (unpaired) electrons. The van der Waals surface area contributed by atoms with E-state index in [1.54, 1.807) is 0 Å². The van der Waals surface area contributed by atoms with Crippen molar-refractivity contribution in [2.24, 2.45) is 5.73 Å². The molecule has 2 atom stereocenters. The van der Waals surface area contributed by atoms with Gasteiger partial charge in [-0.3, -0.25) is 4.90 Å². The van der Waals surface area contributed by atoms with Crippen LogP contribution in [-0.4, -0.2) is 29.0 Å². The number of hydrogen-bond acceptors (Lipinski definition) is 2. The lowest BCUT2D eigenvalue weighted by Gasteiger charge is -2.31. The molecule has 102 valence electrons. The largest absolute Gasteiger partial charge is 0.358 e. The van der Waals surface area contributed by atoms with Crippen molar-refractivity contribution in [2.45, 2.75) is 38.8 Å². The van der Waals surface area contributed by atoms with Gasteiger partial charge in [0.15, 0.2) is 0 Å². The summed E-state index contributed by atoms with van der Waals surface area (Å²) in [4.78, 5) is 6.05. The van der Waals surface area contributed by atoms with Gasteiger partial charge in [0.25, 0.3) is 0 Å². The highest BCUT2D eigenvalue weighted by Gasteiger charge is 2.29. The zero-order valence-electron chi connectivity index (χ0n) is 11.8. The highest BCUT2D eigenvalue weighted by molar-refractivity contribution is 5.85. The maximum Gasteiger partial charge on any atom is 0.0520 e. The Kier molecular flexibility index (Phi) is 3.33. The molecule has 1 saturated heterocycles. The van der Waals surface area contributed by atoms with E-state index in [0.717, 1.165) is 0 Å². The molecule has 3 N–H and O–H groups in total. The first-order valence-electron chi connectivity index (χ1n) is 7.25. The standard InChI is InChI=1S/C16H23N3/c1-11(17)16(19-9-5-6-10-19)15-12(2)18-14-8-4-3-7-13(14)15/h3-4,7-8,11,16,18H,5-6,9-10,17H2,1-2H3. The number of benzene rings is 1. The second-order valence-corrected chi connectivity index (χ2v) is 5.76. The van der Waals surface area contributed by atoms with E-state index in [2.05, 4.69) is 48.0 Å². The molecule has 1 aromatic heterocycles. The third-order valence-electron chi connectivity index (χ3n) is 4.27. The van der Waals surface area contributed by atoms with Crippen molar-refractivity contribution < 1.29 is 0 Å². The van der Waals surface area contributed by atoms with Crippen LogP contribution in [0, 0.1) is 6.92 Å². The fourth-order valence-corrected chi connectivity index (χ4v) is 3.48. The Morgan fingerprint density at radius 1 is 1.21 bits per heavy atom. The fraction of sp³-hybridized carbons (Fsp3) is 0.500. The molecule has 1 aromatic carbocycles. The van der Waals surface area contributed by atoms with Gasteiger partial charge in [0, 0.05) is 22.6 Å². The molecule has 0 bridgehead atoms. The molecule has 3 rings (SSSR count). The van der Waals surface area contributed by atoms with Gasteiger partial charge in [0.1, 0.15) is 0 Å². The van der Waals surface area contributed by atoms with Gasteiger partial charge < -0.3 is 10.7 Å². The topological polar surface area (TPSA) is 45.1 Å². The number of aromatic amines is 1. The first kappa shape index (κ1) is 12.7. The summed E-state index contributed by atoms with van der Waals surface area (Å²) in [7, 11) is 0. The Labute approximate surface area is 114 Å². The molecule has 1 aliphatic heterocycles. The van der Waals surface area contributed by atoms with Crippen LogP contribution < -0.4 is 5.73 Å². The fourth-order valence-electron chi connectivity index (χ4n) is 3.48. The van der Waals surface area contributed by atoms with Crippen molar-refractivity contribution in [3.05, 3.63) is 35.5 Å². The average Bonchev–Trinajstić information content (AvgIpc) is 2.99. The van der Waals surface area contributed by atoms with E-state index in [1.807, 2.05) is 0 Å². The van der Waals surface area contributed by atoms with E-state index in [1.165, 1.54) is 48.1 Å². The Bertz CT molecular complexity index is 564. The van der Waals surface area contributed by atoms with Gasteiger partial charge in [0.2, 0.25) is 0 Å². The number of nitrogens with one attached hydrogen (secondary N) is 1. The molecular formula is C16H23N3. The van der Waals surface area contributed by atoms with Gasteiger partial charge in [-0.2, -0.15) is 0 Å². The molecule has 2 aromatic rings. The predicted molar refractivity (Wildman–Crippen MR) is 80.2 cm³/mol. The average molecular weight is 257 g/mol. The van der Waals surface area contributed by atoms with Gasteiger partial charge in [-0.15, -0.1) is 0 Å². The quantitative estimate of drug-likeness (QED) is 0.888. The molecule has 19 heavy (non-hydrogen) atoms. The summed E-state index contributed by atoms with van der Waals surface area (Å²) in [6.07, 6.45) is 2.59. The van der Waals surface area contributed by atoms with Crippen LogP contribution in [0.1, 0.15) is 37.1 Å². The zero-order valence-corrected chi connectivity index (χ0v) is 11.8. The third-order valence-corrected chi connectivity index (χ3v) is 4.27. The normalized spacial score (nSPS) is 19.9. The molecule has 2 heterocycles. The number of fused-ring (bicyclic) bond motifs is 1. The number of aromatic nitrogens is 1. The second kappa shape index (κ2) is 4.99. The highest BCUT2D eigenvalue weighted by atomic mass is 15.2. The lowest BCUT2D eigenvalue weighted by atomic mass is 9.96. The number of nitrogens with two attached hydrogens (primary N) is 1. The number of para-hydroxylation sites is 1. The van der Waals surface area contributed by atoms with Crippen LogP contribution in [0.5, 0.6) is 0 Å². The van der Waals surface area contributed by atoms with Crippen LogP contribution in [0.4, 0.5) is 0 Å². The molecule has 0 spiro atoms. The maximum absolute atomic E-state index is 6.31. The number of rotatable bonds is 3. The van der Waals surface area contributed by atoms with E-state index in [4.69, 9.17) is 5.73 Å². The minimum Gasteiger partial charge on any atom is -0.358 e. The molecule has 0 amide bonds. The molecule has 1 fully saturated rings. The third kappa shape index (κ3) is 2.17. The van der Waals surface area contributed by atoms with Crippen LogP contribution in [0.3, 0.4) is 0 Å². The molecule has 0 aliphatic carbocycles. The smallest absolute Gasteiger partial charge is 0.0520 e. The molecule has 0 saturated carbocycles. The van der Waals surface area contributed by atoms with Gasteiger partial charge in [-0.05, 0) is 51.4 Å². The van der Waals surface area contributed by atoms with E-state index in [0.29, 0.717) is 6.04 Å². The summed E-state index contributed by atoms with van der Waals surface area (Å²) < 4.78 is 0. The summed E-state index contributed by atoms with van der Waals surface area (Å²) in [5.74, 6) is 0. The van der Waals surface area contributed by atoms with Gasteiger partial charge in [-0.1, -0.05) is 18.2 Å². The zero-order chi connectivity index (χ0) is 13.4. The van der Waals surface area contributed by atoms with Gasteiger partial charge in [0.05, 0.1) is 6.04 Å². The van der Waals surface area contributed by atoms with Crippen LogP contribution in [0.25, 0.3) is 10.9 Å². The first-order chi connectivity index (χ1) is 9.18. The lowest BCUT2D eigenvalue weighted by Crippen LogP contribution is -2.38. The summed E-state index contributed by atoms with van der Waals surface area (Å²) in [5, 5.41) is 1.33. The lowest BCUT2D eigenvalue weighted by molar-refractivity contribution is 0.220. The van der Waals surface area contributed by atoms with Crippen LogP contribution >= 0.6 is 0 Å². The summed E-state index contributed by atoms with van der Waals surface area (Å²) >= 11 is 0. The van der Waals surface area contributed by atoms with Crippen LogP contribution in [0.2, 0.25) is 0 Å². The number of H-pyrrole nitrogens is 1. The summed E-state index contributed by atoms with van der Waals surface area (Å²) in [5.41, 5.74) is 10.2. The number of hydrogen-bond donors (Lipinski definition) is 2. The van der Waals surface area contributed by atoms with E-state index >= 15 is 0 Å². The Hall–Kier alpha value is -1.32. The summed E-state index contributed by atoms with van der Waals surface area (Å²) in [6.45, 7) is 6.64. The summed E-state index contributed by atoms with van der Waals surface area (Å²) in [6, 6.07) is 9.03. The van der Waals surface area contributed by atoms with E-state index in [9.17, 15) is 0 Å². The SMILES string of the molecule is Cc1[nH]c2ccccc2c1C(C(C)N)N1CCCC1. The van der Waals surface area contributed by atoms with Crippen molar-refractivity contribution in [1.29, 1.82) is 0 Å². The minimum atomic E-state index is 0.149. The van der Waals surface area contributed by atoms with Gasteiger partial charge in [-0.25, -0.2) is 0 Å². The molecule has 3 nitrogen and oxygen atoms in total. The van der Waals surface area contributed by atoms with Crippen molar-refractivity contribution in [1.82, 2.24) is 9.88 Å². The van der Waals surface area contributed by atoms with Crippen molar-refractivity contribution in [3.63, 3.8) is 0 Å². The van der Waals surface area contributed by atoms with E-state index in [-0.39, 0.29) is 6.04 Å². The molecular weight excluding hydrogens is 234 g/mol. The van der Waals surface area contributed by atoms with Crippen molar-refractivity contribution in [2.75, 3.05) is 13.1 Å². The highest BCUT2D eigenvalue weighted by Crippen LogP contribution is 2.34. The molecule has 2 unspecified atom stereocenters. The second-order valence-electron chi connectivity index (χ2n) is 5.76. The Balaban J connectivity index is 2.11. The van der Waals surface area contributed by atoms with Gasteiger partial charge >= 0.3 is 0 Å². The maximum atomic E-state index is 6.31. The van der Waals surface area contributed by atoms with Crippen LogP contribution in [-0.2, 0) is 0 Å². The van der Waals surface area contributed by atoms with Crippen LogP contribution in [0.15, 0.2) is 24.3 Å². The predicted octanol–water partition coefficient (Wildman–Crippen LogP) is 2.96. The van der Waals surface area contributed by atoms with Crippen molar-refractivity contribution in [3.8, 4) is 0 Å². The number of aryl methyl sites for hydroxylation is 1. The Morgan fingerprint density at radius 2 is 1.89 bits per heavy atom. The first-order valence-corrected chi connectivity index (χ1v) is 7.25. The number of nitrogens with zero attached hydrogens (tertiary/aromatic N) is 1. The Morgan fingerprint density at radius 3 is 2.58 bits per heavy atom.